The van der Waals surface area contributed by atoms with Crippen molar-refractivity contribution in [3.8, 4) is 11.5 Å². The number of hydrogen-bond acceptors (Lipinski definition) is 9. The van der Waals surface area contributed by atoms with Gasteiger partial charge in [0.05, 0.1) is 13.3 Å². The summed E-state index contributed by atoms with van der Waals surface area (Å²) in [5, 5.41) is 16.8. The summed E-state index contributed by atoms with van der Waals surface area (Å²) in [6.07, 6.45) is 1.54. The third kappa shape index (κ3) is 5.28. The van der Waals surface area contributed by atoms with E-state index in [0.29, 0.717) is 22.9 Å². The molecule has 0 aliphatic carbocycles. The summed E-state index contributed by atoms with van der Waals surface area (Å²) in [4.78, 5) is 14.6. The minimum atomic E-state index is -0.331. The highest BCUT2D eigenvalue weighted by molar-refractivity contribution is 5.81. The number of phenols is 1. The number of aromatic hydroxyl groups is 1. The first-order valence-electron chi connectivity index (χ1n) is 8.56. The van der Waals surface area contributed by atoms with Crippen LogP contribution in [-0.4, -0.2) is 47.5 Å². The zero-order chi connectivity index (χ0) is 20.8. The summed E-state index contributed by atoms with van der Waals surface area (Å²) in [5.41, 5.74) is 4.09. The van der Waals surface area contributed by atoms with Gasteiger partial charge in [0.15, 0.2) is 11.5 Å². The number of anilines is 4. The van der Waals surface area contributed by atoms with Crippen LogP contribution in [0.3, 0.4) is 0 Å². The number of benzene rings is 2. The molecule has 2 aromatic carbocycles. The number of aromatic nitrogens is 3. The molecule has 0 amide bonds. The van der Waals surface area contributed by atoms with Gasteiger partial charge >= 0.3 is 0 Å². The highest BCUT2D eigenvalue weighted by Crippen LogP contribution is 2.25. The molecule has 0 aliphatic rings. The Balaban J connectivity index is 1.79. The Morgan fingerprint density at radius 1 is 1.07 bits per heavy atom. The van der Waals surface area contributed by atoms with Gasteiger partial charge in [0.1, 0.15) is 5.82 Å². The standard InChI is InChI=1S/C19H20FN7O2/c1-27(2)19-24-17(22-14-7-5-13(20)6-8-14)23-18(25-19)26-21-11-12-4-9-15(28)16(10-12)29-3/h4-11,28H,1-3H3,(H2,22,23,24,25,26). The molecule has 29 heavy (non-hydrogen) atoms. The molecule has 1 aromatic heterocycles. The lowest BCUT2D eigenvalue weighted by molar-refractivity contribution is 0.373. The second kappa shape index (κ2) is 8.83. The number of nitrogens with one attached hydrogen (secondary N) is 2. The van der Waals surface area contributed by atoms with Crippen molar-refractivity contribution >= 4 is 29.7 Å². The lowest BCUT2D eigenvalue weighted by Crippen LogP contribution is -2.15. The smallest absolute Gasteiger partial charge is 0.250 e. The fourth-order valence-electron chi connectivity index (χ4n) is 2.27. The molecule has 0 spiro atoms. The van der Waals surface area contributed by atoms with Gasteiger partial charge in [-0.05, 0) is 48.0 Å². The molecule has 0 unspecified atom stereocenters. The predicted molar refractivity (Wildman–Crippen MR) is 110 cm³/mol. The minimum absolute atomic E-state index is 0.0437. The first-order chi connectivity index (χ1) is 13.9. The van der Waals surface area contributed by atoms with E-state index in [1.165, 1.54) is 31.5 Å². The van der Waals surface area contributed by atoms with Crippen LogP contribution in [0.1, 0.15) is 5.56 Å². The van der Waals surface area contributed by atoms with Crippen molar-refractivity contribution in [3.63, 3.8) is 0 Å². The number of nitrogens with zero attached hydrogens (tertiary/aromatic N) is 5. The Labute approximate surface area is 166 Å². The maximum Gasteiger partial charge on any atom is 0.250 e. The van der Waals surface area contributed by atoms with Crippen LogP contribution in [0.25, 0.3) is 0 Å². The van der Waals surface area contributed by atoms with Crippen LogP contribution < -0.4 is 20.4 Å². The number of rotatable bonds is 7. The van der Waals surface area contributed by atoms with Crippen LogP contribution in [0.5, 0.6) is 11.5 Å². The molecule has 3 rings (SSSR count). The summed E-state index contributed by atoms with van der Waals surface area (Å²) in [6.45, 7) is 0. The molecule has 10 heteroatoms. The maximum atomic E-state index is 13.1. The second-order valence-electron chi connectivity index (χ2n) is 6.11. The van der Waals surface area contributed by atoms with E-state index in [0.717, 1.165) is 0 Å². The molecule has 0 atom stereocenters. The van der Waals surface area contributed by atoms with E-state index in [4.69, 9.17) is 4.74 Å². The fraction of sp³-hybridized carbons (Fsp3) is 0.158. The van der Waals surface area contributed by atoms with Crippen molar-refractivity contribution in [3.05, 3.63) is 53.8 Å². The highest BCUT2D eigenvalue weighted by Gasteiger charge is 2.08. The predicted octanol–water partition coefficient (Wildman–Crippen LogP) is 2.98. The Bertz CT molecular complexity index is 1010. The molecule has 0 saturated carbocycles. The van der Waals surface area contributed by atoms with Gasteiger partial charge in [-0.15, -0.1) is 0 Å². The maximum absolute atomic E-state index is 13.1. The molecule has 9 nitrogen and oxygen atoms in total. The van der Waals surface area contributed by atoms with Crippen LogP contribution in [-0.2, 0) is 0 Å². The number of hydrazone groups is 1. The molecule has 1 heterocycles. The lowest BCUT2D eigenvalue weighted by Gasteiger charge is -2.13. The van der Waals surface area contributed by atoms with E-state index in [2.05, 4.69) is 30.8 Å². The van der Waals surface area contributed by atoms with E-state index in [9.17, 15) is 9.50 Å². The molecule has 3 N–H and O–H groups in total. The van der Waals surface area contributed by atoms with Crippen LogP contribution in [0.2, 0.25) is 0 Å². The van der Waals surface area contributed by atoms with Crippen molar-refractivity contribution in [2.75, 3.05) is 36.8 Å². The van der Waals surface area contributed by atoms with Gasteiger partial charge in [-0.25, -0.2) is 9.82 Å². The Kier molecular flexibility index (Phi) is 6.03. The summed E-state index contributed by atoms with van der Waals surface area (Å²) in [7, 11) is 5.07. The number of methoxy groups -OCH3 is 1. The molecule has 0 radical (unpaired) electrons. The van der Waals surface area contributed by atoms with E-state index < -0.39 is 0 Å². The minimum Gasteiger partial charge on any atom is -0.504 e. The van der Waals surface area contributed by atoms with E-state index in [1.54, 1.807) is 43.3 Å². The number of phenolic OH excluding ortho intramolecular Hbond substituents is 1. The van der Waals surface area contributed by atoms with Crippen LogP contribution >= 0.6 is 0 Å². The van der Waals surface area contributed by atoms with Gasteiger partial charge in [0.2, 0.25) is 17.8 Å². The zero-order valence-corrected chi connectivity index (χ0v) is 16.1. The summed E-state index contributed by atoms with van der Waals surface area (Å²) < 4.78 is 18.2. The normalized spacial score (nSPS) is 10.8. The van der Waals surface area contributed by atoms with Crippen molar-refractivity contribution in [2.45, 2.75) is 0 Å². The van der Waals surface area contributed by atoms with E-state index >= 15 is 0 Å². The SMILES string of the molecule is COc1cc(C=NNc2nc(Nc3ccc(F)cc3)nc(N(C)C)n2)ccc1O. The highest BCUT2D eigenvalue weighted by atomic mass is 19.1. The third-order valence-corrected chi connectivity index (χ3v) is 3.71. The molecule has 0 bridgehead atoms. The van der Waals surface area contributed by atoms with E-state index in [1.807, 2.05) is 0 Å². The Morgan fingerprint density at radius 3 is 2.48 bits per heavy atom. The molecule has 0 aliphatic heterocycles. The fourth-order valence-corrected chi connectivity index (χ4v) is 2.27. The average molecular weight is 397 g/mol. The van der Waals surface area contributed by atoms with Crippen molar-refractivity contribution in [2.24, 2.45) is 5.10 Å². The first-order valence-corrected chi connectivity index (χ1v) is 8.56. The van der Waals surface area contributed by atoms with Gasteiger partial charge < -0.3 is 20.1 Å². The van der Waals surface area contributed by atoms with Gasteiger partial charge in [-0.1, -0.05) is 0 Å². The average Bonchev–Trinajstić information content (AvgIpc) is 2.71. The van der Waals surface area contributed by atoms with Gasteiger partial charge in [-0.3, -0.25) is 0 Å². The first kappa shape index (κ1) is 19.8. The van der Waals surface area contributed by atoms with Crippen LogP contribution in [0, 0.1) is 5.82 Å². The van der Waals surface area contributed by atoms with Gasteiger partial charge in [-0.2, -0.15) is 20.1 Å². The van der Waals surface area contributed by atoms with Crippen molar-refractivity contribution in [1.82, 2.24) is 15.0 Å². The third-order valence-electron chi connectivity index (χ3n) is 3.71. The Hall–Kier alpha value is -3.95. The van der Waals surface area contributed by atoms with Crippen molar-refractivity contribution in [1.29, 1.82) is 0 Å². The zero-order valence-electron chi connectivity index (χ0n) is 16.1. The van der Waals surface area contributed by atoms with Gasteiger partial charge in [0.25, 0.3) is 0 Å². The van der Waals surface area contributed by atoms with Gasteiger partial charge in [0, 0.05) is 19.8 Å². The summed E-state index contributed by atoms with van der Waals surface area (Å²) in [5.74, 6) is 0.961. The molecule has 0 fully saturated rings. The molecular formula is C19H20FN7O2. The molecule has 150 valence electrons. The quantitative estimate of drug-likeness (QED) is 0.413. The number of ether oxygens (including phenoxy) is 1. The summed E-state index contributed by atoms with van der Waals surface area (Å²) in [6, 6.07) is 10.7. The van der Waals surface area contributed by atoms with Crippen LogP contribution in [0.4, 0.5) is 27.9 Å². The monoisotopic (exact) mass is 397 g/mol. The molecule has 0 saturated heterocycles. The lowest BCUT2D eigenvalue weighted by atomic mass is 10.2. The second-order valence-corrected chi connectivity index (χ2v) is 6.11. The number of halogens is 1. The largest absolute Gasteiger partial charge is 0.504 e. The van der Waals surface area contributed by atoms with Crippen molar-refractivity contribution < 1.29 is 14.2 Å². The van der Waals surface area contributed by atoms with E-state index in [-0.39, 0.29) is 23.5 Å². The Morgan fingerprint density at radius 2 is 1.79 bits per heavy atom. The number of hydrogen-bond donors (Lipinski definition) is 3. The summed E-state index contributed by atoms with van der Waals surface area (Å²) >= 11 is 0. The molecular weight excluding hydrogens is 377 g/mol. The topological polar surface area (TPSA) is 108 Å². The molecule has 3 aromatic rings. The van der Waals surface area contributed by atoms with Crippen LogP contribution in [0.15, 0.2) is 47.6 Å².